The maximum Gasteiger partial charge on any atom is 0.228 e. The Morgan fingerprint density at radius 1 is 1.16 bits per heavy atom. The Kier molecular flexibility index (Phi) is 28.2. The predicted molar refractivity (Wildman–Crippen MR) is 176 cm³/mol. The summed E-state index contributed by atoms with van der Waals surface area (Å²) in [5.74, 6) is 6.23. The average molecular weight is 691 g/mol. The Morgan fingerprint density at radius 3 is 2.39 bits per heavy atom. The number of nitrogens with two attached hydrogens (primary N) is 2. The molecule has 0 bridgehead atoms. The van der Waals surface area contributed by atoms with E-state index >= 15 is 0 Å². The molecule has 0 aliphatic carbocycles. The zero-order valence-electron chi connectivity index (χ0n) is 26.9. The van der Waals surface area contributed by atoms with E-state index in [1.54, 1.807) is 24.1 Å². The number of para-hydroxylation sites is 1. The second-order valence-corrected chi connectivity index (χ2v) is 9.51. The van der Waals surface area contributed by atoms with Crippen LogP contribution in [0.1, 0.15) is 57.9 Å². The number of ether oxygens (including phenoxy) is 1. The quantitative estimate of drug-likeness (QED) is 0.0589. The van der Waals surface area contributed by atoms with E-state index < -0.39 is 0 Å². The molecule has 1 aliphatic rings. The summed E-state index contributed by atoms with van der Waals surface area (Å²) in [5.41, 5.74) is 16.9. The molecule has 44 heavy (non-hydrogen) atoms. The van der Waals surface area contributed by atoms with Gasteiger partial charge in [0.25, 0.3) is 0 Å². The first-order chi connectivity index (χ1) is 20.8. The van der Waals surface area contributed by atoms with Crippen LogP contribution in [0.3, 0.4) is 0 Å². The molecule has 2 rings (SSSR count). The Balaban J connectivity index is 0. The largest absolute Gasteiger partial charge is 0.677 e. The van der Waals surface area contributed by atoms with Gasteiger partial charge in [-0.3, -0.25) is 10.1 Å². The molecule has 1 amide bonds. The minimum atomic E-state index is -0.0448. The summed E-state index contributed by atoms with van der Waals surface area (Å²) in [5, 5.41) is 13.1. The molecule has 1 heterocycles. The van der Waals surface area contributed by atoms with Crippen LogP contribution < -0.4 is 21.8 Å². The Hall–Kier alpha value is -2.22. The fourth-order valence-corrected chi connectivity index (χ4v) is 4.01. The number of hydrogen-bond acceptors (Lipinski definition) is 9. The predicted octanol–water partition coefficient (Wildman–Crippen LogP) is 4.83. The van der Waals surface area contributed by atoms with Crippen LogP contribution in [0.15, 0.2) is 66.4 Å². The van der Waals surface area contributed by atoms with Gasteiger partial charge in [-0.25, -0.2) is 10.7 Å². The molecule has 0 fully saturated rings. The van der Waals surface area contributed by atoms with Gasteiger partial charge in [0, 0.05) is 69.8 Å². The van der Waals surface area contributed by atoms with Crippen molar-refractivity contribution >= 4 is 23.6 Å². The molecule has 245 valence electrons. The van der Waals surface area contributed by atoms with Crippen LogP contribution in [-0.4, -0.2) is 75.5 Å². The van der Waals surface area contributed by atoms with Crippen LogP contribution in [0.4, 0.5) is 5.69 Å². The van der Waals surface area contributed by atoms with Crippen LogP contribution in [0.5, 0.6) is 0 Å². The van der Waals surface area contributed by atoms with Crippen molar-refractivity contribution in [3.05, 3.63) is 77.7 Å². The van der Waals surface area contributed by atoms with Crippen molar-refractivity contribution in [1.82, 2.24) is 10.3 Å². The van der Waals surface area contributed by atoms with Gasteiger partial charge in [0.05, 0.1) is 36.8 Å². The SMILES string of the molecule is C=C/C1=C(C=C)/C(N)=C(/N(N)CCOO)c2ccccc2N(C(=O)CCNC)C1.CCCCC[NH-].CCCOCCC=O.[Y]. The van der Waals surface area contributed by atoms with E-state index in [0.29, 0.717) is 67.3 Å². The molecule has 1 aliphatic heterocycles. The molecule has 0 spiro atoms. The molecule has 7 N–H and O–H groups in total. The standard InChI is InChI=1S/C21H29N5O3.C6H12O2.C5H12N.Y/c1-4-15-14-25(19(27)10-11-24-3)18-9-7-6-8-17(18)21(20(22)16(15)5-2)26(23)12-13-29-28;1-2-5-8-6-3-4-7;1-2-3-4-5-6;/h4-9,24,28H,1-2,10-14,22-23H2,3H3;4H,2-3,5-6H2,1H3;6H,2-5H2,1H3;/q;;-1;/b16-15-,21-20-;;;. The number of fused-ring (bicyclic) bond motifs is 1. The average Bonchev–Trinajstić information content (AvgIpc) is 3.02. The number of carbonyl (C=O) groups is 2. The number of nitrogens with zero attached hydrogens (tertiary/aromatic N) is 2. The first-order valence-corrected chi connectivity index (χ1v) is 14.8. The molecular weight excluding hydrogens is 637 g/mol. The van der Waals surface area contributed by atoms with Crippen molar-refractivity contribution < 1.29 is 57.2 Å². The van der Waals surface area contributed by atoms with Crippen molar-refractivity contribution in [2.45, 2.75) is 52.4 Å². The number of unbranched alkanes of at least 4 members (excludes halogenated alkanes) is 2. The molecule has 0 saturated heterocycles. The maximum absolute atomic E-state index is 13.0. The summed E-state index contributed by atoms with van der Waals surface area (Å²) >= 11 is 0. The molecule has 0 atom stereocenters. The monoisotopic (exact) mass is 690 g/mol. The fourth-order valence-electron chi connectivity index (χ4n) is 4.01. The third-order valence-electron chi connectivity index (χ3n) is 6.23. The number of allylic oxidation sites excluding steroid dienone is 1. The van der Waals surface area contributed by atoms with Crippen molar-refractivity contribution in [2.24, 2.45) is 11.6 Å². The van der Waals surface area contributed by atoms with E-state index in [1.807, 2.05) is 31.2 Å². The first-order valence-electron chi connectivity index (χ1n) is 14.8. The molecular formula is C32H53N6O5Y-. The van der Waals surface area contributed by atoms with Crippen LogP contribution in [0.2, 0.25) is 0 Å². The third kappa shape index (κ3) is 16.2. The van der Waals surface area contributed by atoms with E-state index in [1.165, 1.54) is 17.9 Å². The van der Waals surface area contributed by atoms with Gasteiger partial charge in [0.1, 0.15) is 12.9 Å². The van der Waals surface area contributed by atoms with E-state index in [2.05, 4.69) is 30.3 Å². The Bertz CT molecular complexity index is 1030. The zero-order valence-corrected chi connectivity index (χ0v) is 29.7. The number of amides is 1. The van der Waals surface area contributed by atoms with Gasteiger partial charge in [0.2, 0.25) is 5.91 Å². The van der Waals surface area contributed by atoms with Crippen molar-refractivity contribution in [3.8, 4) is 0 Å². The third-order valence-corrected chi connectivity index (χ3v) is 6.23. The number of hydrogen-bond donors (Lipinski definition) is 4. The van der Waals surface area contributed by atoms with Crippen molar-refractivity contribution in [1.29, 1.82) is 0 Å². The van der Waals surface area contributed by atoms with Gasteiger partial charge in [0.15, 0.2) is 0 Å². The molecule has 0 saturated carbocycles. The summed E-state index contributed by atoms with van der Waals surface area (Å²) in [4.78, 5) is 28.6. The maximum atomic E-state index is 13.0. The van der Waals surface area contributed by atoms with Crippen molar-refractivity contribution in [2.75, 3.05) is 57.9 Å². The smallest absolute Gasteiger partial charge is 0.228 e. The number of rotatable bonds is 17. The Labute approximate surface area is 289 Å². The minimum absolute atomic E-state index is 0. The van der Waals surface area contributed by atoms with Gasteiger partial charge in [-0.1, -0.05) is 76.6 Å². The second kappa shape index (κ2) is 28.3. The molecule has 1 radical (unpaired) electrons. The summed E-state index contributed by atoms with van der Waals surface area (Å²) in [6, 6.07) is 7.42. The van der Waals surface area contributed by atoms with E-state index in [0.717, 1.165) is 31.3 Å². The molecule has 11 nitrogen and oxygen atoms in total. The molecule has 0 aromatic heterocycles. The number of anilines is 1. The Morgan fingerprint density at radius 2 is 1.86 bits per heavy atom. The number of carbonyl (C=O) groups excluding carboxylic acids is 2. The van der Waals surface area contributed by atoms with Gasteiger partial charge in [-0.2, -0.15) is 6.54 Å². The summed E-state index contributed by atoms with van der Waals surface area (Å²) in [6.45, 7) is 15.0. The molecule has 1 aromatic carbocycles. The number of nitrogens with one attached hydrogen (secondary N) is 2. The van der Waals surface area contributed by atoms with Crippen molar-refractivity contribution in [3.63, 3.8) is 0 Å². The fraction of sp³-hybridized carbons (Fsp3) is 0.500. The van der Waals surface area contributed by atoms with Crippen LogP contribution in [-0.2, 0) is 51.9 Å². The minimum Gasteiger partial charge on any atom is -0.677 e. The van der Waals surface area contributed by atoms with Crippen LogP contribution in [0, 0.1) is 0 Å². The molecule has 0 unspecified atom stereocenters. The number of hydrazine groups is 1. The molecule has 1 aromatic rings. The summed E-state index contributed by atoms with van der Waals surface area (Å²) < 4.78 is 4.99. The number of aldehydes is 1. The summed E-state index contributed by atoms with van der Waals surface area (Å²) in [7, 11) is 1.80. The second-order valence-electron chi connectivity index (χ2n) is 9.51. The summed E-state index contributed by atoms with van der Waals surface area (Å²) in [6.07, 6.45) is 9.60. The zero-order chi connectivity index (χ0) is 32.5. The normalized spacial score (nSPS) is 15.5. The first kappa shape index (κ1) is 43.9. The van der Waals surface area contributed by atoms with Gasteiger partial charge >= 0.3 is 0 Å². The topological polar surface area (TPSA) is 167 Å². The van der Waals surface area contributed by atoms with E-state index in [4.69, 9.17) is 27.3 Å². The van der Waals surface area contributed by atoms with E-state index in [-0.39, 0.29) is 51.8 Å². The van der Waals surface area contributed by atoms with Crippen LogP contribution >= 0.6 is 0 Å². The number of benzene rings is 1. The van der Waals surface area contributed by atoms with Crippen LogP contribution in [0.25, 0.3) is 11.4 Å². The molecule has 12 heteroatoms. The van der Waals surface area contributed by atoms with E-state index in [9.17, 15) is 9.59 Å². The van der Waals surface area contributed by atoms with Gasteiger partial charge < -0.3 is 36.2 Å². The van der Waals surface area contributed by atoms with Gasteiger partial charge in [-0.05, 0) is 25.1 Å². The van der Waals surface area contributed by atoms with Gasteiger partial charge in [-0.15, -0.1) is 0 Å².